The molecule has 0 spiro atoms. The van der Waals surface area contributed by atoms with Gasteiger partial charge in [0.15, 0.2) is 11.6 Å². The van der Waals surface area contributed by atoms with Crippen LogP contribution < -0.4 is 0 Å². The van der Waals surface area contributed by atoms with E-state index in [1.807, 2.05) is 0 Å². The lowest BCUT2D eigenvalue weighted by Gasteiger charge is -2.34. The molecule has 1 aromatic rings. The van der Waals surface area contributed by atoms with E-state index in [-0.39, 0.29) is 32.7 Å². The van der Waals surface area contributed by atoms with Crippen molar-refractivity contribution >= 4 is 33.8 Å². The zero-order chi connectivity index (χ0) is 22.2. The van der Waals surface area contributed by atoms with Crippen LogP contribution in [-0.2, 0) is 24.4 Å². The van der Waals surface area contributed by atoms with E-state index in [4.69, 9.17) is 0 Å². The number of urea groups is 1. The highest BCUT2D eigenvalue weighted by Gasteiger charge is 2.45. The number of rotatable bonds is 5. The Kier molecular flexibility index (Phi) is 5.85. The van der Waals surface area contributed by atoms with Gasteiger partial charge in [0.2, 0.25) is 15.9 Å². The monoisotopic (exact) mass is 444 g/mol. The molecule has 162 valence electrons. The molecule has 2 fully saturated rings. The van der Waals surface area contributed by atoms with Crippen LogP contribution in [0.5, 0.6) is 0 Å². The van der Waals surface area contributed by atoms with Crippen LogP contribution >= 0.6 is 0 Å². The first-order chi connectivity index (χ1) is 14.1. The van der Waals surface area contributed by atoms with Gasteiger partial charge in [-0.15, -0.1) is 0 Å². The molecule has 30 heavy (non-hydrogen) atoms. The van der Waals surface area contributed by atoms with E-state index in [2.05, 4.69) is 0 Å². The number of carbonyl (C=O) groups excluding carboxylic acids is 4. The second-order valence-electron chi connectivity index (χ2n) is 6.58. The van der Waals surface area contributed by atoms with Crippen LogP contribution in [0.15, 0.2) is 23.1 Å². The number of sulfonamides is 1. The van der Waals surface area contributed by atoms with E-state index < -0.39 is 56.9 Å². The number of hydrogen-bond donors (Lipinski definition) is 0. The molecule has 2 aliphatic heterocycles. The molecule has 2 saturated heterocycles. The van der Waals surface area contributed by atoms with Crippen molar-refractivity contribution in [1.82, 2.24) is 19.0 Å². The molecule has 0 unspecified atom stereocenters. The molecular formula is C17H18F2N4O6S. The number of carbonyl (C=O) groups is 4. The van der Waals surface area contributed by atoms with Crippen molar-refractivity contribution < 1.29 is 36.4 Å². The van der Waals surface area contributed by atoms with Crippen molar-refractivity contribution in [1.29, 1.82) is 0 Å². The molecule has 2 heterocycles. The maximum absolute atomic E-state index is 13.4. The van der Waals surface area contributed by atoms with Crippen LogP contribution in [0.2, 0.25) is 0 Å². The van der Waals surface area contributed by atoms with Gasteiger partial charge in [0.1, 0.15) is 6.54 Å². The summed E-state index contributed by atoms with van der Waals surface area (Å²) < 4.78 is 52.6. The quantitative estimate of drug-likeness (QED) is 0.451. The Balaban J connectivity index is 1.63. The van der Waals surface area contributed by atoms with Crippen molar-refractivity contribution in [3.63, 3.8) is 0 Å². The van der Waals surface area contributed by atoms with E-state index >= 15 is 0 Å². The fourth-order valence-corrected chi connectivity index (χ4v) is 4.60. The van der Waals surface area contributed by atoms with Gasteiger partial charge in [-0.2, -0.15) is 4.31 Å². The molecule has 13 heteroatoms. The Hall–Kier alpha value is -2.93. The SMILES string of the molecule is CCN1C(=O)C(=O)N(CC(=O)N2CCN(S(=O)(=O)c3ccc(F)c(F)c3)CC2)C1=O. The Morgan fingerprint density at radius 1 is 0.967 bits per heavy atom. The average Bonchev–Trinajstić information content (AvgIpc) is 2.92. The highest BCUT2D eigenvalue weighted by molar-refractivity contribution is 7.89. The Labute approximate surface area is 170 Å². The fourth-order valence-electron chi connectivity index (χ4n) is 3.17. The van der Waals surface area contributed by atoms with Crippen molar-refractivity contribution in [2.75, 3.05) is 39.3 Å². The van der Waals surface area contributed by atoms with Gasteiger partial charge in [0, 0.05) is 32.7 Å². The average molecular weight is 444 g/mol. The van der Waals surface area contributed by atoms with Gasteiger partial charge in [-0.3, -0.25) is 19.3 Å². The molecule has 0 aliphatic carbocycles. The van der Waals surface area contributed by atoms with E-state index in [1.165, 1.54) is 11.8 Å². The molecule has 3 rings (SSSR count). The summed E-state index contributed by atoms with van der Waals surface area (Å²) in [5, 5.41) is 0. The summed E-state index contributed by atoms with van der Waals surface area (Å²) >= 11 is 0. The molecule has 0 atom stereocenters. The lowest BCUT2D eigenvalue weighted by Crippen LogP contribution is -2.53. The molecule has 0 saturated carbocycles. The van der Waals surface area contributed by atoms with Crippen LogP contribution in [0, 0.1) is 11.6 Å². The zero-order valence-corrected chi connectivity index (χ0v) is 16.7. The lowest BCUT2D eigenvalue weighted by molar-refractivity contribution is -0.145. The summed E-state index contributed by atoms with van der Waals surface area (Å²) in [6.45, 7) is 0.572. The van der Waals surface area contributed by atoms with E-state index in [0.717, 1.165) is 15.3 Å². The van der Waals surface area contributed by atoms with Crippen LogP contribution in [0.4, 0.5) is 13.6 Å². The normalized spacial score (nSPS) is 18.5. The van der Waals surface area contributed by atoms with E-state index in [1.54, 1.807) is 0 Å². The van der Waals surface area contributed by atoms with Gasteiger partial charge >= 0.3 is 17.8 Å². The fraction of sp³-hybridized carbons (Fsp3) is 0.412. The third-order valence-electron chi connectivity index (χ3n) is 4.86. The third kappa shape index (κ3) is 3.77. The minimum absolute atomic E-state index is 0.00535. The molecular weight excluding hydrogens is 426 g/mol. The summed E-state index contributed by atoms with van der Waals surface area (Å²) in [7, 11) is -4.09. The highest BCUT2D eigenvalue weighted by atomic mass is 32.2. The number of amides is 5. The molecule has 0 bridgehead atoms. The topological polar surface area (TPSA) is 115 Å². The number of halogens is 2. The van der Waals surface area contributed by atoms with Gasteiger partial charge in [-0.25, -0.2) is 26.9 Å². The van der Waals surface area contributed by atoms with Crippen molar-refractivity contribution in [3.8, 4) is 0 Å². The molecule has 5 amide bonds. The van der Waals surface area contributed by atoms with Gasteiger partial charge in [0.05, 0.1) is 4.90 Å². The summed E-state index contributed by atoms with van der Waals surface area (Å²) in [6, 6.07) is 1.38. The van der Waals surface area contributed by atoms with Gasteiger partial charge in [-0.1, -0.05) is 0 Å². The summed E-state index contributed by atoms with van der Waals surface area (Å²) in [5.41, 5.74) is 0. The summed E-state index contributed by atoms with van der Waals surface area (Å²) in [6.07, 6.45) is 0. The van der Waals surface area contributed by atoms with Crippen LogP contribution in [0.1, 0.15) is 6.92 Å². The number of likely N-dealkylation sites (N-methyl/N-ethyl adjacent to an activating group) is 1. The largest absolute Gasteiger partial charge is 0.338 e. The van der Waals surface area contributed by atoms with Crippen LogP contribution in [0.25, 0.3) is 0 Å². The van der Waals surface area contributed by atoms with E-state index in [0.29, 0.717) is 17.0 Å². The maximum atomic E-state index is 13.4. The van der Waals surface area contributed by atoms with Gasteiger partial charge < -0.3 is 4.90 Å². The first-order valence-corrected chi connectivity index (χ1v) is 10.4. The molecule has 0 radical (unpaired) electrons. The number of nitrogens with zero attached hydrogens (tertiary/aromatic N) is 4. The molecule has 2 aliphatic rings. The molecule has 10 nitrogen and oxygen atoms in total. The molecule has 0 aromatic heterocycles. The first kappa shape index (κ1) is 21.8. The smallest absolute Gasteiger partial charge is 0.334 e. The Bertz CT molecular complexity index is 1020. The number of benzene rings is 1. The Morgan fingerprint density at radius 3 is 2.10 bits per heavy atom. The number of piperazine rings is 1. The number of imide groups is 2. The number of hydrogen-bond acceptors (Lipinski definition) is 6. The van der Waals surface area contributed by atoms with Crippen molar-refractivity contribution in [3.05, 3.63) is 29.8 Å². The predicted molar refractivity (Wildman–Crippen MR) is 96.2 cm³/mol. The third-order valence-corrected chi connectivity index (χ3v) is 6.76. The standard InChI is InChI=1S/C17H18F2N4O6S/c1-2-22-15(25)16(26)23(17(22)27)10-14(24)20-5-7-21(8-6-20)30(28,29)11-3-4-12(18)13(19)9-11/h3-4,9H,2,5-8,10H2,1H3. The maximum Gasteiger partial charge on any atom is 0.334 e. The summed E-state index contributed by atoms with van der Waals surface area (Å²) in [5.74, 6) is -5.17. The zero-order valence-electron chi connectivity index (χ0n) is 15.9. The van der Waals surface area contributed by atoms with Crippen LogP contribution in [-0.4, -0.2) is 90.4 Å². The summed E-state index contributed by atoms with van der Waals surface area (Å²) in [4.78, 5) is 50.2. The van der Waals surface area contributed by atoms with Crippen molar-refractivity contribution in [2.45, 2.75) is 11.8 Å². The van der Waals surface area contributed by atoms with Crippen LogP contribution in [0.3, 0.4) is 0 Å². The van der Waals surface area contributed by atoms with Gasteiger partial charge in [0.25, 0.3) is 0 Å². The second-order valence-corrected chi connectivity index (χ2v) is 8.52. The first-order valence-electron chi connectivity index (χ1n) is 8.98. The predicted octanol–water partition coefficient (Wildman–Crippen LogP) is -0.392. The lowest BCUT2D eigenvalue weighted by atomic mass is 10.3. The van der Waals surface area contributed by atoms with E-state index in [9.17, 15) is 36.4 Å². The molecule has 1 aromatic carbocycles. The minimum atomic E-state index is -4.09. The minimum Gasteiger partial charge on any atom is -0.338 e. The van der Waals surface area contributed by atoms with Gasteiger partial charge in [-0.05, 0) is 25.1 Å². The highest BCUT2D eigenvalue weighted by Crippen LogP contribution is 2.20. The van der Waals surface area contributed by atoms with Crippen molar-refractivity contribution in [2.24, 2.45) is 0 Å². The second kappa shape index (κ2) is 8.07. The Morgan fingerprint density at radius 2 is 1.57 bits per heavy atom. The molecule has 0 N–H and O–H groups in total.